The second kappa shape index (κ2) is 6.20. The Morgan fingerprint density at radius 2 is 2.14 bits per heavy atom. The molecule has 1 saturated heterocycles. The molecule has 6 nitrogen and oxygen atoms in total. The second-order valence-electron chi connectivity index (χ2n) is 5.49. The van der Waals surface area contributed by atoms with Crippen molar-refractivity contribution in [2.45, 2.75) is 36.7 Å². The molecule has 2 heterocycles. The van der Waals surface area contributed by atoms with Gasteiger partial charge in [0.2, 0.25) is 10.0 Å². The van der Waals surface area contributed by atoms with Crippen molar-refractivity contribution in [3.8, 4) is 11.3 Å². The first-order valence-corrected chi connectivity index (χ1v) is 8.82. The van der Waals surface area contributed by atoms with E-state index in [1.54, 1.807) is 30.3 Å². The number of benzene rings is 1. The summed E-state index contributed by atoms with van der Waals surface area (Å²) in [7, 11) is -3.63. The van der Waals surface area contributed by atoms with Crippen molar-refractivity contribution < 1.29 is 12.9 Å². The van der Waals surface area contributed by atoms with E-state index < -0.39 is 10.0 Å². The van der Waals surface area contributed by atoms with E-state index in [1.807, 2.05) is 6.92 Å². The average Bonchev–Trinajstić information content (AvgIpc) is 3.04. The molecule has 1 aromatic carbocycles. The number of nitrogens with zero attached hydrogens (tertiary/aromatic N) is 1. The van der Waals surface area contributed by atoms with Crippen LogP contribution in [0.4, 0.5) is 0 Å². The SMILES string of the molecule is CC1NCCCC1NS(=O)(=O)c1ccccc1-c1ccno1. The minimum absolute atomic E-state index is 0.110. The molecule has 0 radical (unpaired) electrons. The predicted octanol–water partition coefficient (Wildman–Crippen LogP) is 1.76. The van der Waals surface area contributed by atoms with Crippen LogP contribution >= 0.6 is 0 Å². The highest BCUT2D eigenvalue weighted by molar-refractivity contribution is 7.89. The zero-order valence-corrected chi connectivity index (χ0v) is 13.1. The Morgan fingerprint density at radius 1 is 1.32 bits per heavy atom. The molecule has 3 rings (SSSR count). The third-order valence-electron chi connectivity index (χ3n) is 3.95. The summed E-state index contributed by atoms with van der Waals surface area (Å²) in [6, 6.07) is 8.44. The number of nitrogens with one attached hydrogen (secondary N) is 2. The Bertz CT molecular complexity index is 728. The van der Waals surface area contributed by atoms with Crippen molar-refractivity contribution in [2.24, 2.45) is 0 Å². The molecule has 1 fully saturated rings. The zero-order chi connectivity index (χ0) is 15.6. The maximum Gasteiger partial charge on any atom is 0.241 e. The second-order valence-corrected chi connectivity index (χ2v) is 7.17. The smallest absolute Gasteiger partial charge is 0.241 e. The number of rotatable bonds is 4. The Balaban J connectivity index is 1.93. The molecule has 118 valence electrons. The van der Waals surface area contributed by atoms with Crippen LogP contribution in [0.1, 0.15) is 19.8 Å². The number of hydrogen-bond donors (Lipinski definition) is 2. The van der Waals surface area contributed by atoms with Gasteiger partial charge in [0.25, 0.3) is 0 Å². The van der Waals surface area contributed by atoms with Crippen LogP contribution in [0.25, 0.3) is 11.3 Å². The van der Waals surface area contributed by atoms with Crippen LogP contribution < -0.4 is 10.0 Å². The van der Waals surface area contributed by atoms with Crippen LogP contribution in [0.15, 0.2) is 45.9 Å². The number of aromatic nitrogens is 1. The number of hydrogen-bond acceptors (Lipinski definition) is 5. The quantitative estimate of drug-likeness (QED) is 0.896. The normalized spacial score (nSPS) is 22.6. The monoisotopic (exact) mass is 321 g/mol. The first-order chi connectivity index (χ1) is 10.6. The van der Waals surface area contributed by atoms with Gasteiger partial charge in [-0.05, 0) is 38.4 Å². The summed E-state index contributed by atoms with van der Waals surface area (Å²) in [4.78, 5) is 0.213. The van der Waals surface area contributed by atoms with Crippen molar-refractivity contribution in [3.63, 3.8) is 0 Å². The molecule has 0 amide bonds. The van der Waals surface area contributed by atoms with Gasteiger partial charge >= 0.3 is 0 Å². The van der Waals surface area contributed by atoms with Gasteiger partial charge in [-0.3, -0.25) is 0 Å². The lowest BCUT2D eigenvalue weighted by molar-refractivity contribution is 0.349. The van der Waals surface area contributed by atoms with E-state index in [0.717, 1.165) is 19.4 Å². The Labute approximate surface area is 129 Å². The molecular formula is C15H19N3O3S. The van der Waals surface area contributed by atoms with Crippen molar-refractivity contribution >= 4 is 10.0 Å². The lowest BCUT2D eigenvalue weighted by Gasteiger charge is -2.30. The molecule has 2 unspecified atom stereocenters. The van der Waals surface area contributed by atoms with Gasteiger partial charge in [0, 0.05) is 23.7 Å². The molecule has 0 aliphatic carbocycles. The fourth-order valence-corrected chi connectivity index (χ4v) is 4.29. The largest absolute Gasteiger partial charge is 0.356 e. The minimum Gasteiger partial charge on any atom is -0.356 e. The van der Waals surface area contributed by atoms with Gasteiger partial charge in [0.1, 0.15) is 0 Å². The van der Waals surface area contributed by atoms with Gasteiger partial charge in [0.15, 0.2) is 5.76 Å². The molecule has 2 aromatic rings. The van der Waals surface area contributed by atoms with Crippen molar-refractivity contribution in [2.75, 3.05) is 6.54 Å². The van der Waals surface area contributed by atoms with Crippen LogP contribution in [0.3, 0.4) is 0 Å². The summed E-state index contributed by atoms with van der Waals surface area (Å²) in [5, 5.41) is 6.94. The summed E-state index contributed by atoms with van der Waals surface area (Å²) >= 11 is 0. The fraction of sp³-hybridized carbons (Fsp3) is 0.400. The maximum atomic E-state index is 12.8. The van der Waals surface area contributed by atoms with Gasteiger partial charge in [-0.25, -0.2) is 13.1 Å². The molecule has 2 atom stereocenters. The van der Waals surface area contributed by atoms with E-state index in [-0.39, 0.29) is 17.0 Å². The van der Waals surface area contributed by atoms with Crippen molar-refractivity contribution in [1.29, 1.82) is 0 Å². The van der Waals surface area contributed by atoms with Crippen LogP contribution in [0.5, 0.6) is 0 Å². The number of piperidine rings is 1. The molecular weight excluding hydrogens is 302 g/mol. The van der Waals surface area contributed by atoms with Crippen molar-refractivity contribution in [1.82, 2.24) is 15.2 Å². The van der Waals surface area contributed by atoms with E-state index in [1.165, 1.54) is 6.20 Å². The summed E-state index contributed by atoms with van der Waals surface area (Å²) in [5.41, 5.74) is 0.518. The van der Waals surface area contributed by atoms with Gasteiger partial charge < -0.3 is 9.84 Å². The van der Waals surface area contributed by atoms with Crippen LogP contribution in [0, 0.1) is 0 Å². The Morgan fingerprint density at radius 3 is 2.86 bits per heavy atom. The lowest BCUT2D eigenvalue weighted by Crippen LogP contribution is -2.51. The minimum atomic E-state index is -3.63. The molecule has 1 aliphatic heterocycles. The lowest BCUT2D eigenvalue weighted by atomic mass is 10.0. The molecule has 0 saturated carbocycles. The van der Waals surface area contributed by atoms with Crippen LogP contribution in [-0.2, 0) is 10.0 Å². The molecule has 2 N–H and O–H groups in total. The van der Waals surface area contributed by atoms with Gasteiger partial charge in [-0.1, -0.05) is 17.3 Å². The van der Waals surface area contributed by atoms with E-state index in [2.05, 4.69) is 15.2 Å². The highest BCUT2D eigenvalue weighted by Crippen LogP contribution is 2.27. The van der Waals surface area contributed by atoms with Crippen molar-refractivity contribution in [3.05, 3.63) is 36.5 Å². The number of sulfonamides is 1. The highest BCUT2D eigenvalue weighted by Gasteiger charge is 2.28. The van der Waals surface area contributed by atoms with E-state index in [9.17, 15) is 8.42 Å². The van der Waals surface area contributed by atoms with Crippen LogP contribution in [-0.4, -0.2) is 32.2 Å². The summed E-state index contributed by atoms with van der Waals surface area (Å²) in [6.07, 6.45) is 3.29. The van der Waals surface area contributed by atoms with Gasteiger partial charge in [-0.2, -0.15) is 0 Å². The predicted molar refractivity (Wildman–Crippen MR) is 82.7 cm³/mol. The molecule has 0 spiro atoms. The van der Waals surface area contributed by atoms with E-state index in [4.69, 9.17) is 4.52 Å². The van der Waals surface area contributed by atoms with Gasteiger partial charge in [0.05, 0.1) is 11.1 Å². The molecule has 0 bridgehead atoms. The fourth-order valence-electron chi connectivity index (χ4n) is 2.73. The van der Waals surface area contributed by atoms with Gasteiger partial charge in [-0.15, -0.1) is 0 Å². The summed E-state index contributed by atoms with van der Waals surface area (Å²) < 4.78 is 33.4. The molecule has 22 heavy (non-hydrogen) atoms. The zero-order valence-electron chi connectivity index (χ0n) is 12.3. The summed E-state index contributed by atoms with van der Waals surface area (Å²) in [6.45, 7) is 2.92. The average molecular weight is 321 g/mol. The maximum absolute atomic E-state index is 12.8. The molecule has 1 aliphatic rings. The first-order valence-electron chi connectivity index (χ1n) is 7.34. The van der Waals surface area contributed by atoms with Crippen LogP contribution in [0.2, 0.25) is 0 Å². The Kier molecular flexibility index (Phi) is 4.28. The van der Waals surface area contributed by atoms with E-state index in [0.29, 0.717) is 11.3 Å². The van der Waals surface area contributed by atoms with E-state index >= 15 is 0 Å². The Hall–Kier alpha value is -1.70. The third kappa shape index (κ3) is 3.06. The third-order valence-corrected chi connectivity index (χ3v) is 5.50. The molecule has 1 aromatic heterocycles. The molecule has 7 heteroatoms. The summed E-state index contributed by atoms with van der Waals surface area (Å²) in [5.74, 6) is 0.441. The highest BCUT2D eigenvalue weighted by atomic mass is 32.2. The topological polar surface area (TPSA) is 84.2 Å². The first kappa shape index (κ1) is 15.2. The standard InChI is InChI=1S/C15H19N3O3S/c1-11-13(6-4-9-16-11)18-22(19,20)15-7-3-2-5-12(15)14-8-10-17-21-14/h2-3,5,7-8,10-11,13,16,18H,4,6,9H2,1H3.